The summed E-state index contributed by atoms with van der Waals surface area (Å²) in [5, 5.41) is 16.1. The number of nitrogens with one attached hydrogen (secondary N) is 1. The number of morpholine rings is 1. The Morgan fingerprint density at radius 3 is 2.86 bits per heavy atom. The summed E-state index contributed by atoms with van der Waals surface area (Å²) < 4.78 is 11.6. The van der Waals surface area contributed by atoms with Crippen LogP contribution in [0.1, 0.15) is 41.0 Å². The minimum Gasteiger partial charge on any atom is -0.389 e. The van der Waals surface area contributed by atoms with E-state index in [-0.39, 0.29) is 6.10 Å². The lowest BCUT2D eigenvalue weighted by atomic mass is 9.89. The number of rotatable bonds is 9. The Balaban J connectivity index is 1.24. The van der Waals surface area contributed by atoms with Gasteiger partial charge in [0.25, 0.3) is 0 Å². The van der Waals surface area contributed by atoms with Crippen LogP contribution in [-0.2, 0) is 15.9 Å². The predicted molar refractivity (Wildman–Crippen MR) is 116 cm³/mol. The molecule has 1 fully saturated rings. The molecule has 4 rings (SSSR count). The molecule has 1 saturated heterocycles. The SMILES string of the molecule is O[C@H](CNC[C@H](c1cccs1)N1CCOCC1)CO[C@@H]1CCCc2ccccc21. The van der Waals surface area contributed by atoms with Crippen molar-refractivity contribution in [3.8, 4) is 0 Å². The third-order valence-corrected chi connectivity index (χ3v) is 6.85. The molecule has 5 nitrogen and oxygen atoms in total. The lowest BCUT2D eigenvalue weighted by Crippen LogP contribution is -2.44. The van der Waals surface area contributed by atoms with E-state index in [1.165, 1.54) is 16.0 Å². The summed E-state index contributed by atoms with van der Waals surface area (Å²) in [6, 6.07) is 13.2. The molecule has 1 aromatic carbocycles. The van der Waals surface area contributed by atoms with Crippen LogP contribution < -0.4 is 5.32 Å². The second kappa shape index (κ2) is 10.7. The Bertz CT molecular complexity index is 733. The van der Waals surface area contributed by atoms with E-state index in [9.17, 15) is 5.11 Å². The highest BCUT2D eigenvalue weighted by atomic mass is 32.1. The van der Waals surface area contributed by atoms with Gasteiger partial charge in [0.2, 0.25) is 0 Å². The number of hydrogen-bond donors (Lipinski definition) is 2. The van der Waals surface area contributed by atoms with Gasteiger partial charge in [-0.15, -0.1) is 11.3 Å². The topological polar surface area (TPSA) is 54.0 Å². The largest absolute Gasteiger partial charge is 0.389 e. The second-order valence-corrected chi connectivity index (χ2v) is 8.88. The maximum absolute atomic E-state index is 10.5. The van der Waals surface area contributed by atoms with Crippen LogP contribution in [0.25, 0.3) is 0 Å². The van der Waals surface area contributed by atoms with E-state index in [4.69, 9.17) is 9.47 Å². The molecule has 158 valence electrons. The second-order valence-electron chi connectivity index (χ2n) is 7.90. The zero-order valence-electron chi connectivity index (χ0n) is 17.0. The van der Waals surface area contributed by atoms with Gasteiger partial charge in [-0.3, -0.25) is 4.90 Å². The highest BCUT2D eigenvalue weighted by Crippen LogP contribution is 2.32. The molecule has 0 spiro atoms. The summed E-state index contributed by atoms with van der Waals surface area (Å²) in [5.41, 5.74) is 2.68. The first-order valence-corrected chi connectivity index (χ1v) is 11.6. The number of nitrogens with zero attached hydrogens (tertiary/aromatic N) is 1. The normalized spacial score (nSPS) is 22.2. The lowest BCUT2D eigenvalue weighted by molar-refractivity contribution is -0.0180. The first-order valence-electron chi connectivity index (χ1n) is 10.7. The van der Waals surface area contributed by atoms with E-state index in [2.05, 4.69) is 52.0 Å². The van der Waals surface area contributed by atoms with Crippen molar-refractivity contribution in [2.45, 2.75) is 37.5 Å². The molecular formula is C23H32N2O3S. The maximum atomic E-state index is 10.5. The molecule has 1 aliphatic heterocycles. The molecule has 2 aliphatic rings. The predicted octanol–water partition coefficient (Wildman–Crippen LogP) is 3.17. The molecular weight excluding hydrogens is 384 g/mol. The van der Waals surface area contributed by atoms with Gasteiger partial charge in [-0.25, -0.2) is 0 Å². The van der Waals surface area contributed by atoms with Gasteiger partial charge in [0.05, 0.1) is 38.1 Å². The van der Waals surface area contributed by atoms with Crippen LogP contribution in [0.2, 0.25) is 0 Å². The molecule has 6 heteroatoms. The van der Waals surface area contributed by atoms with Crippen molar-refractivity contribution in [2.24, 2.45) is 0 Å². The van der Waals surface area contributed by atoms with Crippen molar-refractivity contribution in [2.75, 3.05) is 46.0 Å². The highest BCUT2D eigenvalue weighted by molar-refractivity contribution is 7.10. The number of thiophene rings is 1. The van der Waals surface area contributed by atoms with E-state index in [1.807, 2.05) is 0 Å². The zero-order valence-corrected chi connectivity index (χ0v) is 17.8. The van der Waals surface area contributed by atoms with E-state index in [0.29, 0.717) is 19.2 Å². The van der Waals surface area contributed by atoms with Crippen LogP contribution in [0.15, 0.2) is 41.8 Å². The fraction of sp³-hybridized carbons (Fsp3) is 0.565. The molecule has 1 aliphatic carbocycles. The van der Waals surface area contributed by atoms with Gasteiger partial charge in [0.1, 0.15) is 0 Å². The molecule has 0 bridgehead atoms. The van der Waals surface area contributed by atoms with Gasteiger partial charge in [-0.05, 0) is 41.8 Å². The van der Waals surface area contributed by atoms with E-state index < -0.39 is 6.10 Å². The quantitative estimate of drug-likeness (QED) is 0.658. The maximum Gasteiger partial charge on any atom is 0.0897 e. The number of ether oxygens (including phenoxy) is 2. The van der Waals surface area contributed by atoms with Gasteiger partial charge in [-0.2, -0.15) is 0 Å². The summed E-state index contributed by atoms with van der Waals surface area (Å²) in [6.07, 6.45) is 2.93. The number of aryl methyl sites for hydroxylation is 1. The Hall–Kier alpha value is -1.28. The number of aliphatic hydroxyl groups excluding tert-OH is 1. The average molecular weight is 417 g/mol. The zero-order chi connectivity index (χ0) is 19.9. The Kier molecular flexibility index (Phi) is 7.71. The number of fused-ring (bicyclic) bond motifs is 1. The molecule has 2 N–H and O–H groups in total. The summed E-state index contributed by atoms with van der Waals surface area (Å²) >= 11 is 1.80. The summed E-state index contributed by atoms with van der Waals surface area (Å²) in [5.74, 6) is 0. The lowest BCUT2D eigenvalue weighted by Gasteiger charge is -2.34. The number of benzene rings is 1. The van der Waals surface area contributed by atoms with Crippen molar-refractivity contribution in [1.29, 1.82) is 0 Å². The molecule has 0 amide bonds. The van der Waals surface area contributed by atoms with Gasteiger partial charge >= 0.3 is 0 Å². The molecule has 0 radical (unpaired) electrons. The number of aliphatic hydroxyl groups is 1. The molecule has 3 atom stereocenters. The first-order chi connectivity index (χ1) is 14.3. The molecule has 0 saturated carbocycles. The molecule has 29 heavy (non-hydrogen) atoms. The number of hydrogen-bond acceptors (Lipinski definition) is 6. The van der Waals surface area contributed by atoms with Crippen LogP contribution in [0.5, 0.6) is 0 Å². The summed E-state index contributed by atoms with van der Waals surface area (Å²) in [7, 11) is 0. The Morgan fingerprint density at radius 2 is 2.03 bits per heavy atom. The van der Waals surface area contributed by atoms with Crippen LogP contribution in [0.4, 0.5) is 0 Å². The van der Waals surface area contributed by atoms with Crippen LogP contribution in [0.3, 0.4) is 0 Å². The minimum atomic E-state index is -0.502. The first kappa shape index (κ1) is 21.0. The Morgan fingerprint density at radius 1 is 1.17 bits per heavy atom. The van der Waals surface area contributed by atoms with Crippen molar-refractivity contribution < 1.29 is 14.6 Å². The van der Waals surface area contributed by atoms with Gasteiger partial charge < -0.3 is 19.9 Å². The van der Waals surface area contributed by atoms with Crippen LogP contribution in [0, 0.1) is 0 Å². The molecule has 2 heterocycles. The van der Waals surface area contributed by atoms with Crippen molar-refractivity contribution in [1.82, 2.24) is 10.2 Å². The smallest absolute Gasteiger partial charge is 0.0897 e. The molecule has 0 unspecified atom stereocenters. The van der Waals surface area contributed by atoms with Gasteiger partial charge in [-0.1, -0.05) is 30.3 Å². The van der Waals surface area contributed by atoms with E-state index in [0.717, 1.165) is 52.1 Å². The third kappa shape index (κ3) is 5.66. The highest BCUT2D eigenvalue weighted by Gasteiger charge is 2.24. The van der Waals surface area contributed by atoms with Crippen molar-refractivity contribution >= 4 is 11.3 Å². The van der Waals surface area contributed by atoms with Crippen LogP contribution in [-0.4, -0.2) is 62.1 Å². The van der Waals surface area contributed by atoms with Gasteiger partial charge in [0, 0.05) is 31.1 Å². The fourth-order valence-electron chi connectivity index (χ4n) is 4.33. The van der Waals surface area contributed by atoms with Crippen molar-refractivity contribution in [3.63, 3.8) is 0 Å². The average Bonchev–Trinajstić information content (AvgIpc) is 3.30. The minimum absolute atomic E-state index is 0.113. The van der Waals surface area contributed by atoms with Crippen LogP contribution >= 0.6 is 11.3 Å². The van der Waals surface area contributed by atoms with E-state index >= 15 is 0 Å². The molecule has 1 aromatic heterocycles. The molecule has 2 aromatic rings. The van der Waals surface area contributed by atoms with Gasteiger partial charge in [0.15, 0.2) is 0 Å². The van der Waals surface area contributed by atoms with Crippen molar-refractivity contribution in [3.05, 3.63) is 57.8 Å². The third-order valence-electron chi connectivity index (χ3n) is 5.88. The fourth-order valence-corrected chi connectivity index (χ4v) is 5.20. The Labute approximate surface area is 177 Å². The summed E-state index contributed by atoms with van der Waals surface area (Å²) in [6.45, 7) is 5.23. The van der Waals surface area contributed by atoms with E-state index in [1.54, 1.807) is 11.3 Å². The monoisotopic (exact) mass is 416 g/mol. The summed E-state index contributed by atoms with van der Waals surface area (Å²) in [4.78, 5) is 3.84. The standard InChI is InChI=1S/C23H32N2O3S/c26-19(17-28-22-8-3-6-18-5-1-2-7-20(18)22)15-24-16-21(23-9-4-14-29-23)25-10-12-27-13-11-25/h1-2,4-5,7,9,14,19,21-22,24,26H,3,6,8,10-13,15-17H2/t19-,21-,22-/m1/s1.